The molecule has 110 valence electrons. The van der Waals surface area contributed by atoms with Gasteiger partial charge in [-0.15, -0.1) is 0 Å². The number of para-hydroxylation sites is 1. The Morgan fingerprint density at radius 2 is 1.95 bits per heavy atom. The van der Waals surface area contributed by atoms with Crippen LogP contribution >= 0.6 is 11.6 Å². The fourth-order valence-electron chi connectivity index (χ4n) is 3.44. The van der Waals surface area contributed by atoms with Crippen molar-refractivity contribution in [3.05, 3.63) is 29.3 Å². The normalized spacial score (nSPS) is 28.0. The molecule has 0 spiro atoms. The van der Waals surface area contributed by atoms with Crippen molar-refractivity contribution in [2.24, 2.45) is 0 Å². The van der Waals surface area contributed by atoms with Crippen molar-refractivity contribution in [1.82, 2.24) is 10.2 Å². The molecule has 1 N–H and O–H groups in total. The highest BCUT2D eigenvalue weighted by Gasteiger charge is 2.31. The Hall–Kier alpha value is -0.770. The van der Waals surface area contributed by atoms with Crippen LogP contribution in [-0.4, -0.2) is 49.7 Å². The van der Waals surface area contributed by atoms with Gasteiger partial charge in [-0.3, -0.25) is 4.90 Å². The Labute approximate surface area is 126 Å². The molecule has 2 heterocycles. The molecule has 2 fully saturated rings. The summed E-state index contributed by atoms with van der Waals surface area (Å²) < 4.78 is 0. The van der Waals surface area contributed by atoms with E-state index in [0.29, 0.717) is 5.54 Å². The van der Waals surface area contributed by atoms with Crippen LogP contribution in [0.15, 0.2) is 24.3 Å². The Kier molecular flexibility index (Phi) is 4.20. The number of halogens is 1. The molecule has 1 aromatic rings. The first-order chi connectivity index (χ1) is 9.66. The Morgan fingerprint density at radius 3 is 2.60 bits per heavy atom. The molecule has 0 aromatic heterocycles. The largest absolute Gasteiger partial charge is 0.368 e. The zero-order valence-electron chi connectivity index (χ0n) is 12.2. The molecule has 3 nitrogen and oxygen atoms in total. The lowest BCUT2D eigenvalue weighted by Crippen LogP contribution is -2.54. The molecule has 1 atom stereocenters. The van der Waals surface area contributed by atoms with Crippen LogP contribution in [0.1, 0.15) is 19.8 Å². The van der Waals surface area contributed by atoms with Crippen molar-refractivity contribution < 1.29 is 0 Å². The van der Waals surface area contributed by atoms with Gasteiger partial charge in [0.15, 0.2) is 0 Å². The van der Waals surface area contributed by atoms with Gasteiger partial charge in [-0.25, -0.2) is 0 Å². The summed E-state index contributed by atoms with van der Waals surface area (Å²) in [5, 5.41) is 4.52. The van der Waals surface area contributed by atoms with Crippen LogP contribution in [0.2, 0.25) is 5.02 Å². The highest BCUT2D eigenvalue weighted by Crippen LogP contribution is 2.27. The molecule has 0 saturated carbocycles. The van der Waals surface area contributed by atoms with E-state index in [9.17, 15) is 0 Å². The summed E-state index contributed by atoms with van der Waals surface area (Å²) in [7, 11) is 0. The third kappa shape index (κ3) is 3.11. The summed E-state index contributed by atoms with van der Waals surface area (Å²) in [6.07, 6.45) is 2.62. The minimum Gasteiger partial charge on any atom is -0.368 e. The first-order valence-corrected chi connectivity index (χ1v) is 8.01. The SMILES string of the molecule is CC1(CN2CCN(c3ccccc3Cl)CC2)CCCN1. The second kappa shape index (κ2) is 5.92. The van der Waals surface area contributed by atoms with Crippen molar-refractivity contribution >= 4 is 17.3 Å². The van der Waals surface area contributed by atoms with Gasteiger partial charge in [-0.1, -0.05) is 23.7 Å². The van der Waals surface area contributed by atoms with Gasteiger partial charge >= 0.3 is 0 Å². The molecule has 2 saturated heterocycles. The van der Waals surface area contributed by atoms with Crippen LogP contribution in [0.5, 0.6) is 0 Å². The summed E-state index contributed by atoms with van der Waals surface area (Å²) in [6.45, 7) is 9.10. The molecule has 3 rings (SSSR count). The van der Waals surface area contributed by atoms with Crippen molar-refractivity contribution in [3.63, 3.8) is 0 Å². The van der Waals surface area contributed by atoms with E-state index in [4.69, 9.17) is 11.6 Å². The maximum atomic E-state index is 6.29. The fourth-order valence-corrected chi connectivity index (χ4v) is 3.70. The number of benzene rings is 1. The molecule has 2 aliphatic heterocycles. The molecule has 2 aliphatic rings. The molecule has 1 unspecified atom stereocenters. The lowest BCUT2D eigenvalue weighted by Gasteiger charge is -2.40. The third-order valence-corrected chi connectivity index (χ3v) is 4.91. The molecule has 4 heteroatoms. The lowest BCUT2D eigenvalue weighted by molar-refractivity contribution is 0.194. The zero-order chi connectivity index (χ0) is 14.0. The number of nitrogens with zero attached hydrogens (tertiary/aromatic N) is 2. The van der Waals surface area contributed by atoms with E-state index in [1.54, 1.807) is 0 Å². The topological polar surface area (TPSA) is 18.5 Å². The van der Waals surface area contributed by atoms with Crippen molar-refractivity contribution in [3.8, 4) is 0 Å². The Bertz CT molecular complexity index is 449. The van der Waals surface area contributed by atoms with Gasteiger partial charge in [0.1, 0.15) is 0 Å². The summed E-state index contributed by atoms with van der Waals surface area (Å²) in [5.74, 6) is 0. The summed E-state index contributed by atoms with van der Waals surface area (Å²) >= 11 is 6.29. The average Bonchev–Trinajstić information content (AvgIpc) is 2.87. The van der Waals surface area contributed by atoms with E-state index < -0.39 is 0 Å². The average molecular weight is 294 g/mol. The molecular formula is C16H24ClN3. The van der Waals surface area contributed by atoms with Crippen LogP contribution in [0.25, 0.3) is 0 Å². The zero-order valence-corrected chi connectivity index (χ0v) is 13.0. The van der Waals surface area contributed by atoms with E-state index in [-0.39, 0.29) is 0 Å². The monoisotopic (exact) mass is 293 g/mol. The fraction of sp³-hybridized carbons (Fsp3) is 0.625. The molecule has 20 heavy (non-hydrogen) atoms. The quantitative estimate of drug-likeness (QED) is 0.924. The van der Waals surface area contributed by atoms with E-state index >= 15 is 0 Å². The lowest BCUT2D eigenvalue weighted by atomic mass is 9.99. The molecule has 0 bridgehead atoms. The van der Waals surface area contributed by atoms with Gasteiger partial charge in [-0.05, 0) is 38.4 Å². The van der Waals surface area contributed by atoms with Gasteiger partial charge in [0.05, 0.1) is 10.7 Å². The van der Waals surface area contributed by atoms with Crippen molar-refractivity contribution in [2.75, 3.05) is 44.2 Å². The van der Waals surface area contributed by atoms with E-state index in [0.717, 1.165) is 31.2 Å². The highest BCUT2D eigenvalue weighted by atomic mass is 35.5. The summed E-state index contributed by atoms with van der Waals surface area (Å²) in [5.41, 5.74) is 1.51. The number of nitrogens with one attached hydrogen (secondary N) is 1. The highest BCUT2D eigenvalue weighted by molar-refractivity contribution is 6.33. The van der Waals surface area contributed by atoms with Gasteiger partial charge in [0.2, 0.25) is 0 Å². The minimum atomic E-state index is 0.326. The number of anilines is 1. The summed E-state index contributed by atoms with van der Waals surface area (Å²) in [4.78, 5) is 4.99. The smallest absolute Gasteiger partial charge is 0.0639 e. The molecule has 0 aliphatic carbocycles. The van der Waals surface area contributed by atoms with Crippen molar-refractivity contribution in [2.45, 2.75) is 25.3 Å². The maximum absolute atomic E-state index is 6.29. The predicted octanol–water partition coefficient (Wildman–Crippen LogP) is 2.60. The van der Waals surface area contributed by atoms with E-state index in [1.165, 1.54) is 31.6 Å². The van der Waals surface area contributed by atoms with Crippen molar-refractivity contribution in [1.29, 1.82) is 0 Å². The first kappa shape index (κ1) is 14.2. The van der Waals surface area contributed by atoms with E-state index in [1.807, 2.05) is 12.1 Å². The molecule has 0 radical (unpaired) electrons. The van der Waals surface area contributed by atoms with Crippen LogP contribution in [0.3, 0.4) is 0 Å². The third-order valence-electron chi connectivity index (χ3n) is 4.60. The molecule has 0 amide bonds. The van der Waals surface area contributed by atoms with Crippen LogP contribution < -0.4 is 10.2 Å². The predicted molar refractivity (Wildman–Crippen MR) is 85.7 cm³/mol. The van der Waals surface area contributed by atoms with Gasteiger partial charge < -0.3 is 10.2 Å². The maximum Gasteiger partial charge on any atom is 0.0639 e. The van der Waals surface area contributed by atoms with Crippen LogP contribution in [-0.2, 0) is 0 Å². The van der Waals surface area contributed by atoms with Crippen LogP contribution in [0, 0.1) is 0 Å². The van der Waals surface area contributed by atoms with Gasteiger partial charge in [0.25, 0.3) is 0 Å². The van der Waals surface area contributed by atoms with E-state index in [2.05, 4.69) is 34.2 Å². The standard InChI is InChI=1S/C16H24ClN3/c1-16(7-4-8-18-16)13-19-9-11-20(12-10-19)15-6-3-2-5-14(15)17/h2-3,5-6,18H,4,7-13H2,1H3. The molecule has 1 aromatic carbocycles. The first-order valence-electron chi connectivity index (χ1n) is 7.63. The number of rotatable bonds is 3. The second-order valence-electron chi connectivity index (χ2n) is 6.31. The van der Waals surface area contributed by atoms with Gasteiger partial charge in [-0.2, -0.15) is 0 Å². The van der Waals surface area contributed by atoms with Crippen LogP contribution in [0.4, 0.5) is 5.69 Å². The second-order valence-corrected chi connectivity index (χ2v) is 6.71. The Morgan fingerprint density at radius 1 is 1.20 bits per heavy atom. The summed E-state index contributed by atoms with van der Waals surface area (Å²) in [6, 6.07) is 8.16. The van der Waals surface area contributed by atoms with Gasteiger partial charge in [0, 0.05) is 38.3 Å². The number of piperazine rings is 1. The number of hydrogen-bond acceptors (Lipinski definition) is 3. The minimum absolute atomic E-state index is 0.326. The number of hydrogen-bond donors (Lipinski definition) is 1. The molecular weight excluding hydrogens is 270 g/mol. The Balaban J connectivity index is 1.56.